The first-order chi connectivity index (χ1) is 24.7. The molecule has 12 nitrogen and oxygen atoms in total. The summed E-state index contributed by atoms with van der Waals surface area (Å²) in [6.07, 6.45) is 5.17. The maximum atomic E-state index is 13.5. The van der Waals surface area contributed by atoms with Crippen LogP contribution in [0.4, 0.5) is 33.8 Å². The highest BCUT2D eigenvalue weighted by Crippen LogP contribution is 2.33. The summed E-state index contributed by atoms with van der Waals surface area (Å²) in [4.78, 5) is 29.2. The molecule has 2 amide bonds. The number of nitrogens with one attached hydrogen (secondary N) is 3. The fourth-order valence-electron chi connectivity index (χ4n) is 5.78. The molecule has 6 aromatic rings. The number of morpholine rings is 1. The molecule has 0 bridgehead atoms. The zero-order valence-electron chi connectivity index (χ0n) is 29.2. The Hall–Kier alpha value is -6.01. The van der Waals surface area contributed by atoms with E-state index in [1.165, 1.54) is 0 Å². The van der Waals surface area contributed by atoms with E-state index in [1.54, 1.807) is 23.3 Å². The molecule has 0 saturated carbocycles. The third-order valence-electron chi connectivity index (χ3n) is 8.56. The molecule has 1 fully saturated rings. The zero-order chi connectivity index (χ0) is 35.4. The molecule has 0 aliphatic carbocycles. The molecule has 0 atom stereocenters. The molecule has 0 unspecified atom stereocenters. The number of urea groups is 1. The number of aromatic nitrogens is 5. The Morgan fingerprint density at radius 1 is 0.902 bits per heavy atom. The van der Waals surface area contributed by atoms with Crippen LogP contribution in [0.5, 0.6) is 5.75 Å². The van der Waals surface area contributed by atoms with E-state index < -0.39 is 0 Å². The molecular weight excluding hydrogens is 642 g/mol. The normalized spacial score (nSPS) is 13.2. The van der Waals surface area contributed by atoms with Crippen LogP contribution in [-0.2, 0) is 16.8 Å². The largest absolute Gasteiger partial charge is 0.488 e. The van der Waals surface area contributed by atoms with Crippen LogP contribution in [0.25, 0.3) is 16.5 Å². The van der Waals surface area contributed by atoms with Crippen LogP contribution in [0.3, 0.4) is 0 Å². The number of benzene rings is 3. The average molecular weight is 684 g/mol. The van der Waals surface area contributed by atoms with Crippen molar-refractivity contribution < 1.29 is 14.3 Å². The number of carbonyl (C=O) groups excluding carboxylic acids is 1. The van der Waals surface area contributed by atoms with Crippen LogP contribution >= 0.6 is 0 Å². The number of hydrogen-bond donors (Lipinski definition) is 3. The first-order valence-corrected chi connectivity index (χ1v) is 17.0. The van der Waals surface area contributed by atoms with Gasteiger partial charge in [0.15, 0.2) is 5.82 Å². The second kappa shape index (κ2) is 14.5. The molecule has 51 heavy (non-hydrogen) atoms. The van der Waals surface area contributed by atoms with E-state index in [0.717, 1.165) is 52.2 Å². The van der Waals surface area contributed by atoms with Gasteiger partial charge in [-0.05, 0) is 48.9 Å². The van der Waals surface area contributed by atoms with Crippen molar-refractivity contribution in [2.45, 2.75) is 39.7 Å². The number of ether oxygens (including phenoxy) is 2. The van der Waals surface area contributed by atoms with E-state index in [-0.39, 0.29) is 11.4 Å². The highest BCUT2D eigenvalue weighted by atomic mass is 16.5. The molecule has 1 aliphatic heterocycles. The number of nitrogens with zero attached hydrogens (tertiary/aromatic N) is 6. The Morgan fingerprint density at radius 3 is 2.47 bits per heavy atom. The Bertz CT molecular complexity index is 2150. The fourth-order valence-corrected chi connectivity index (χ4v) is 5.78. The number of fused-ring (bicyclic) bond motifs is 1. The van der Waals surface area contributed by atoms with Gasteiger partial charge < -0.3 is 25.0 Å². The maximum Gasteiger partial charge on any atom is 0.324 e. The van der Waals surface area contributed by atoms with Crippen molar-refractivity contribution in [3.05, 3.63) is 114 Å². The van der Waals surface area contributed by atoms with Crippen LogP contribution < -0.4 is 25.6 Å². The monoisotopic (exact) mass is 683 g/mol. The zero-order valence-corrected chi connectivity index (χ0v) is 29.2. The maximum absolute atomic E-state index is 13.5. The summed E-state index contributed by atoms with van der Waals surface area (Å²) in [5, 5.41) is 15.9. The van der Waals surface area contributed by atoms with Gasteiger partial charge in [-0.15, -0.1) is 0 Å². The summed E-state index contributed by atoms with van der Waals surface area (Å²) < 4.78 is 13.6. The molecule has 3 N–H and O–H groups in total. The van der Waals surface area contributed by atoms with Crippen LogP contribution in [0.1, 0.15) is 37.6 Å². The minimum Gasteiger partial charge on any atom is -0.488 e. The third kappa shape index (κ3) is 7.92. The van der Waals surface area contributed by atoms with Crippen molar-refractivity contribution in [1.29, 1.82) is 0 Å². The molecule has 4 heterocycles. The van der Waals surface area contributed by atoms with Crippen molar-refractivity contribution in [2.24, 2.45) is 0 Å². The number of anilines is 5. The third-order valence-corrected chi connectivity index (χ3v) is 8.56. The minimum absolute atomic E-state index is 0.201. The fraction of sp³-hybridized carbons (Fsp3) is 0.256. The van der Waals surface area contributed by atoms with E-state index >= 15 is 0 Å². The van der Waals surface area contributed by atoms with Crippen molar-refractivity contribution in [3.8, 4) is 11.4 Å². The molecular formula is C39H41N9O3. The van der Waals surface area contributed by atoms with Crippen LogP contribution in [0.15, 0.2) is 97.5 Å². The van der Waals surface area contributed by atoms with Gasteiger partial charge in [-0.1, -0.05) is 62.7 Å². The van der Waals surface area contributed by atoms with Crippen LogP contribution in [0, 0.1) is 6.92 Å². The highest BCUT2D eigenvalue weighted by Gasteiger charge is 2.22. The van der Waals surface area contributed by atoms with Gasteiger partial charge in [0.2, 0.25) is 0 Å². The lowest BCUT2D eigenvalue weighted by atomic mass is 9.92. The summed E-state index contributed by atoms with van der Waals surface area (Å²) in [5.74, 6) is 3.32. The van der Waals surface area contributed by atoms with Gasteiger partial charge in [-0.25, -0.2) is 19.4 Å². The number of amides is 2. The van der Waals surface area contributed by atoms with Gasteiger partial charge in [-0.2, -0.15) is 5.10 Å². The topological polar surface area (TPSA) is 131 Å². The van der Waals surface area contributed by atoms with Gasteiger partial charge >= 0.3 is 6.03 Å². The lowest BCUT2D eigenvalue weighted by Crippen LogP contribution is -2.36. The van der Waals surface area contributed by atoms with E-state index in [2.05, 4.69) is 51.6 Å². The van der Waals surface area contributed by atoms with E-state index in [0.29, 0.717) is 48.7 Å². The summed E-state index contributed by atoms with van der Waals surface area (Å²) >= 11 is 0. The quantitative estimate of drug-likeness (QED) is 0.141. The molecule has 0 spiro atoms. The SMILES string of the molecule is Cc1ccc(-n2nc(C(C)(C)C)cc2NC(=O)Nc2ccc(OCc3ccnc(Nc4cncc(N5CCOCC5)n4)c3)c3ccccc23)cc1. The molecule has 1 aliphatic rings. The highest BCUT2D eigenvalue weighted by molar-refractivity contribution is 6.07. The Labute approximate surface area is 296 Å². The predicted octanol–water partition coefficient (Wildman–Crippen LogP) is 7.62. The summed E-state index contributed by atoms with van der Waals surface area (Å²) in [6.45, 7) is 11.6. The van der Waals surface area contributed by atoms with Gasteiger partial charge in [0.05, 0.1) is 42.7 Å². The van der Waals surface area contributed by atoms with Crippen molar-refractivity contribution >= 4 is 45.8 Å². The van der Waals surface area contributed by atoms with E-state index in [9.17, 15) is 4.79 Å². The number of pyridine rings is 1. The van der Waals surface area contributed by atoms with Crippen LogP contribution in [-0.4, -0.2) is 57.1 Å². The van der Waals surface area contributed by atoms with Crippen molar-refractivity contribution in [1.82, 2.24) is 24.7 Å². The van der Waals surface area contributed by atoms with Crippen molar-refractivity contribution in [3.63, 3.8) is 0 Å². The number of hydrogen-bond acceptors (Lipinski definition) is 9. The van der Waals surface area contributed by atoms with Gasteiger partial charge in [0, 0.05) is 41.5 Å². The number of aryl methyl sites for hydroxylation is 1. The Balaban J connectivity index is 1.04. The summed E-state index contributed by atoms with van der Waals surface area (Å²) in [7, 11) is 0. The predicted molar refractivity (Wildman–Crippen MR) is 201 cm³/mol. The molecule has 1 saturated heterocycles. The van der Waals surface area contributed by atoms with E-state index in [4.69, 9.17) is 19.6 Å². The smallest absolute Gasteiger partial charge is 0.324 e. The second-order valence-electron chi connectivity index (χ2n) is 13.5. The van der Waals surface area contributed by atoms with Crippen LogP contribution in [0.2, 0.25) is 0 Å². The second-order valence-corrected chi connectivity index (χ2v) is 13.5. The molecule has 0 radical (unpaired) electrons. The standard InChI is InChI=1S/C39H41N9O3/c1-26-9-11-28(12-10-26)48-36(22-33(46-48)39(2,3)4)45-38(49)42-31-13-14-32(30-8-6-5-7-29(30)31)51-25-27-15-16-41-34(21-27)43-35-23-40-24-37(44-35)47-17-19-50-20-18-47/h5-16,21-24H,17-20,25H2,1-4H3,(H,41,43,44)(H2,42,45,49). The van der Waals surface area contributed by atoms with Gasteiger partial charge in [-0.3, -0.25) is 10.3 Å². The van der Waals surface area contributed by atoms with Gasteiger partial charge in [0.1, 0.15) is 29.8 Å². The van der Waals surface area contributed by atoms with E-state index in [1.807, 2.05) is 85.8 Å². The molecule has 7 rings (SSSR count). The first-order valence-electron chi connectivity index (χ1n) is 17.0. The molecule has 3 aromatic heterocycles. The summed E-state index contributed by atoms with van der Waals surface area (Å²) in [6, 6.07) is 25.0. The summed E-state index contributed by atoms with van der Waals surface area (Å²) in [5.41, 5.74) is 4.26. The average Bonchev–Trinajstić information content (AvgIpc) is 3.56. The minimum atomic E-state index is -0.375. The molecule has 12 heteroatoms. The molecule has 260 valence electrons. The number of rotatable bonds is 9. The van der Waals surface area contributed by atoms with Gasteiger partial charge in [0.25, 0.3) is 0 Å². The van der Waals surface area contributed by atoms with Crippen molar-refractivity contribution in [2.75, 3.05) is 47.2 Å². The lowest BCUT2D eigenvalue weighted by Gasteiger charge is -2.27. The Morgan fingerprint density at radius 2 is 1.69 bits per heavy atom. The number of carbonyl (C=O) groups is 1. The lowest BCUT2D eigenvalue weighted by molar-refractivity contribution is 0.122. The molecule has 3 aromatic carbocycles. The Kier molecular flexibility index (Phi) is 9.49. The first kappa shape index (κ1) is 33.5.